The van der Waals surface area contributed by atoms with Crippen molar-refractivity contribution in [1.82, 2.24) is 10.3 Å². The first kappa shape index (κ1) is 16.8. The molecule has 0 fully saturated rings. The van der Waals surface area contributed by atoms with Crippen LogP contribution in [0.25, 0.3) is 0 Å². The van der Waals surface area contributed by atoms with Crippen molar-refractivity contribution in [3.63, 3.8) is 0 Å². The maximum absolute atomic E-state index is 12.2. The summed E-state index contributed by atoms with van der Waals surface area (Å²) in [7, 11) is 0. The largest absolute Gasteiger partial charge is 0.468 e. The normalized spacial score (nSPS) is 12.2. The predicted molar refractivity (Wildman–Crippen MR) is 71.9 cm³/mol. The Hall–Kier alpha value is -1.30. The number of ether oxygens (including phenoxy) is 1. The number of hydrogen-bond acceptors (Lipinski definition) is 3. The Bertz CT molecular complexity index is 431. The van der Waals surface area contributed by atoms with Gasteiger partial charge >= 0.3 is 6.18 Å². The molecule has 0 amide bonds. The smallest absolute Gasteiger partial charge is 0.422 e. The van der Waals surface area contributed by atoms with Crippen LogP contribution in [-0.4, -0.2) is 23.8 Å². The number of alkyl halides is 3. The Balaban J connectivity index is 2.87. The highest BCUT2D eigenvalue weighted by Gasteiger charge is 2.28. The molecule has 0 saturated carbocycles. The lowest BCUT2D eigenvalue weighted by molar-refractivity contribution is -0.154. The van der Waals surface area contributed by atoms with Crippen molar-refractivity contribution >= 4 is 0 Å². The molecule has 0 radical (unpaired) electrons. The summed E-state index contributed by atoms with van der Waals surface area (Å²) in [5.74, 6) is 0.149. The molecule has 6 heteroatoms. The molecule has 0 aliphatic carbocycles. The second-order valence-electron chi connectivity index (χ2n) is 5.33. The van der Waals surface area contributed by atoms with E-state index in [2.05, 4.69) is 10.3 Å². The van der Waals surface area contributed by atoms with Crippen LogP contribution in [-0.2, 0) is 6.54 Å². The highest BCUT2D eigenvalue weighted by Crippen LogP contribution is 2.21. The number of pyridine rings is 1. The van der Waals surface area contributed by atoms with Gasteiger partial charge in [-0.2, -0.15) is 13.2 Å². The summed E-state index contributed by atoms with van der Waals surface area (Å²) < 4.78 is 41.3. The summed E-state index contributed by atoms with van der Waals surface area (Å²) >= 11 is 0. The lowest BCUT2D eigenvalue weighted by Crippen LogP contribution is -2.22. The highest BCUT2D eigenvalue weighted by atomic mass is 19.4. The number of aromatic nitrogens is 1. The third kappa shape index (κ3) is 6.23. The van der Waals surface area contributed by atoms with Crippen LogP contribution >= 0.6 is 0 Å². The quantitative estimate of drug-likeness (QED) is 0.868. The molecule has 1 N–H and O–H groups in total. The van der Waals surface area contributed by atoms with E-state index in [9.17, 15) is 13.2 Å². The maximum atomic E-state index is 12.2. The molecule has 0 atom stereocenters. The minimum absolute atomic E-state index is 0.0223. The van der Waals surface area contributed by atoms with Gasteiger partial charge in [-0.15, -0.1) is 0 Å². The van der Waals surface area contributed by atoms with Crippen molar-refractivity contribution in [2.45, 2.75) is 52.4 Å². The first-order valence-corrected chi connectivity index (χ1v) is 6.61. The number of halogens is 3. The SMILES string of the molecule is CC(C)NCc1cc(OCC(F)(F)F)nc(C(C)C)c1. The van der Waals surface area contributed by atoms with E-state index >= 15 is 0 Å². The molecular weight excluding hydrogens is 269 g/mol. The van der Waals surface area contributed by atoms with Gasteiger partial charge in [-0.1, -0.05) is 27.7 Å². The third-order valence-electron chi connectivity index (χ3n) is 2.57. The first-order chi connectivity index (χ1) is 9.17. The third-order valence-corrected chi connectivity index (χ3v) is 2.57. The van der Waals surface area contributed by atoms with Gasteiger partial charge in [0.2, 0.25) is 5.88 Å². The summed E-state index contributed by atoms with van der Waals surface area (Å²) in [6, 6.07) is 3.73. The molecule has 1 aromatic rings. The van der Waals surface area contributed by atoms with Crippen LogP contribution in [0, 0.1) is 0 Å². The Morgan fingerprint density at radius 2 is 1.85 bits per heavy atom. The average molecular weight is 290 g/mol. The number of hydrogen-bond donors (Lipinski definition) is 1. The van der Waals surface area contributed by atoms with Crippen LogP contribution in [0.4, 0.5) is 13.2 Å². The van der Waals surface area contributed by atoms with Crippen LogP contribution in [0.3, 0.4) is 0 Å². The van der Waals surface area contributed by atoms with E-state index in [0.717, 1.165) is 11.3 Å². The fourth-order valence-corrected chi connectivity index (χ4v) is 1.53. The lowest BCUT2D eigenvalue weighted by atomic mass is 10.1. The second kappa shape index (κ2) is 6.92. The molecular formula is C14H21F3N2O. The number of rotatable bonds is 6. The van der Waals surface area contributed by atoms with Gasteiger partial charge in [-0.25, -0.2) is 4.98 Å². The van der Waals surface area contributed by atoms with Gasteiger partial charge in [0, 0.05) is 24.3 Å². The van der Waals surface area contributed by atoms with Crippen molar-refractivity contribution < 1.29 is 17.9 Å². The average Bonchev–Trinajstić information content (AvgIpc) is 2.33. The molecule has 1 aromatic heterocycles. The van der Waals surface area contributed by atoms with Crippen LogP contribution < -0.4 is 10.1 Å². The van der Waals surface area contributed by atoms with Crippen molar-refractivity contribution in [3.8, 4) is 5.88 Å². The van der Waals surface area contributed by atoms with Crippen LogP contribution in [0.2, 0.25) is 0 Å². The molecule has 0 saturated heterocycles. The van der Waals surface area contributed by atoms with Crippen molar-refractivity contribution in [2.75, 3.05) is 6.61 Å². The molecule has 1 heterocycles. The van der Waals surface area contributed by atoms with E-state index in [4.69, 9.17) is 4.74 Å². The minimum atomic E-state index is -4.36. The molecule has 1 rings (SSSR count). The second-order valence-corrected chi connectivity index (χ2v) is 5.33. The molecule has 114 valence electrons. The lowest BCUT2D eigenvalue weighted by Gasteiger charge is -2.14. The Labute approximate surface area is 117 Å². The van der Waals surface area contributed by atoms with E-state index in [1.807, 2.05) is 33.8 Å². The predicted octanol–water partition coefficient (Wildman–Crippen LogP) is 3.64. The van der Waals surface area contributed by atoms with Gasteiger partial charge in [-0.3, -0.25) is 0 Å². The van der Waals surface area contributed by atoms with Gasteiger partial charge in [0.15, 0.2) is 6.61 Å². The van der Waals surface area contributed by atoms with E-state index in [1.165, 1.54) is 0 Å². The van der Waals surface area contributed by atoms with Gasteiger partial charge in [0.1, 0.15) is 0 Å². The van der Waals surface area contributed by atoms with Gasteiger partial charge in [0.25, 0.3) is 0 Å². The van der Waals surface area contributed by atoms with Crippen LogP contribution in [0.5, 0.6) is 5.88 Å². The summed E-state index contributed by atoms with van der Waals surface area (Å²) in [5, 5.41) is 3.22. The molecule has 0 aromatic carbocycles. The van der Waals surface area contributed by atoms with E-state index < -0.39 is 12.8 Å². The number of nitrogens with one attached hydrogen (secondary N) is 1. The van der Waals surface area contributed by atoms with Gasteiger partial charge < -0.3 is 10.1 Å². The molecule has 0 unspecified atom stereocenters. The van der Waals surface area contributed by atoms with Gasteiger partial charge in [0.05, 0.1) is 0 Å². The molecule has 3 nitrogen and oxygen atoms in total. The monoisotopic (exact) mass is 290 g/mol. The molecule has 20 heavy (non-hydrogen) atoms. The number of nitrogens with zero attached hydrogens (tertiary/aromatic N) is 1. The molecule has 0 spiro atoms. The summed E-state index contributed by atoms with van der Waals surface area (Å²) in [6.07, 6.45) is -4.36. The zero-order valence-electron chi connectivity index (χ0n) is 12.2. The van der Waals surface area contributed by atoms with Crippen LogP contribution in [0.15, 0.2) is 12.1 Å². The van der Waals surface area contributed by atoms with Crippen molar-refractivity contribution in [3.05, 3.63) is 23.4 Å². The van der Waals surface area contributed by atoms with Gasteiger partial charge in [-0.05, 0) is 17.5 Å². The van der Waals surface area contributed by atoms with Crippen LogP contribution in [0.1, 0.15) is 44.9 Å². The summed E-state index contributed by atoms with van der Waals surface area (Å²) in [6.45, 7) is 7.14. The summed E-state index contributed by atoms with van der Waals surface area (Å²) in [4.78, 5) is 4.11. The molecule has 0 aliphatic rings. The maximum Gasteiger partial charge on any atom is 0.422 e. The topological polar surface area (TPSA) is 34.1 Å². The minimum Gasteiger partial charge on any atom is -0.468 e. The highest BCUT2D eigenvalue weighted by molar-refractivity contribution is 5.26. The fraction of sp³-hybridized carbons (Fsp3) is 0.643. The Morgan fingerprint density at radius 3 is 2.35 bits per heavy atom. The fourth-order valence-electron chi connectivity index (χ4n) is 1.53. The zero-order chi connectivity index (χ0) is 15.3. The first-order valence-electron chi connectivity index (χ1n) is 6.61. The summed E-state index contributed by atoms with van der Waals surface area (Å²) in [5.41, 5.74) is 1.60. The zero-order valence-corrected chi connectivity index (χ0v) is 12.2. The molecule has 0 bridgehead atoms. The van der Waals surface area contributed by atoms with Crippen molar-refractivity contribution in [1.29, 1.82) is 0 Å². The molecule has 0 aliphatic heterocycles. The Kier molecular flexibility index (Phi) is 5.80. The van der Waals surface area contributed by atoms with E-state index in [1.54, 1.807) is 6.07 Å². The van der Waals surface area contributed by atoms with E-state index in [-0.39, 0.29) is 11.8 Å². The standard InChI is InChI=1S/C14H21F3N2O/c1-9(2)12-5-11(7-18-10(3)4)6-13(19-12)20-8-14(15,16)17/h5-6,9-10,18H,7-8H2,1-4H3. The van der Waals surface area contributed by atoms with E-state index in [0.29, 0.717) is 12.6 Å². The van der Waals surface area contributed by atoms with Crippen molar-refractivity contribution in [2.24, 2.45) is 0 Å². The Morgan fingerprint density at radius 1 is 1.20 bits per heavy atom.